The first-order chi connectivity index (χ1) is 15.5. The summed E-state index contributed by atoms with van der Waals surface area (Å²) in [5.41, 5.74) is 4.36. The van der Waals surface area contributed by atoms with Crippen LogP contribution in [0, 0.1) is 0 Å². The molecule has 3 heterocycles. The van der Waals surface area contributed by atoms with E-state index in [4.69, 9.17) is 9.47 Å². The summed E-state index contributed by atoms with van der Waals surface area (Å²) in [6, 6.07) is 7.86. The molecule has 172 valence electrons. The summed E-state index contributed by atoms with van der Waals surface area (Å²) in [6.45, 7) is 3.83. The topological polar surface area (TPSA) is 76.9 Å². The Morgan fingerprint density at radius 2 is 1.69 bits per heavy atom. The SMILES string of the molecule is COc1ccc(CCC(=O)N2CCc3c(c(CCC(=O)N4CCOCC4)nn3C)C2)cc1. The lowest BCUT2D eigenvalue weighted by molar-refractivity contribution is -0.135. The molecule has 0 atom stereocenters. The maximum absolute atomic E-state index is 12.9. The monoisotopic (exact) mass is 440 g/mol. The predicted molar refractivity (Wildman–Crippen MR) is 119 cm³/mol. The fourth-order valence-corrected chi connectivity index (χ4v) is 4.48. The van der Waals surface area contributed by atoms with Gasteiger partial charge in [0.25, 0.3) is 0 Å². The van der Waals surface area contributed by atoms with Crippen molar-refractivity contribution in [1.82, 2.24) is 19.6 Å². The Bertz CT molecular complexity index is 948. The second kappa shape index (κ2) is 10.2. The first-order valence-corrected chi connectivity index (χ1v) is 11.3. The fourth-order valence-electron chi connectivity index (χ4n) is 4.48. The predicted octanol–water partition coefficient (Wildman–Crippen LogP) is 1.74. The summed E-state index contributed by atoms with van der Waals surface area (Å²) in [6.07, 6.45) is 3.03. The lowest BCUT2D eigenvalue weighted by Crippen LogP contribution is -2.40. The van der Waals surface area contributed by atoms with Gasteiger partial charge in [-0.25, -0.2) is 0 Å². The van der Waals surface area contributed by atoms with Crippen molar-refractivity contribution in [3.63, 3.8) is 0 Å². The molecule has 2 aliphatic rings. The zero-order valence-corrected chi connectivity index (χ0v) is 19.0. The van der Waals surface area contributed by atoms with Crippen molar-refractivity contribution in [3.05, 3.63) is 46.8 Å². The van der Waals surface area contributed by atoms with Crippen LogP contribution in [0.2, 0.25) is 0 Å². The van der Waals surface area contributed by atoms with Gasteiger partial charge >= 0.3 is 0 Å². The zero-order valence-electron chi connectivity index (χ0n) is 19.0. The van der Waals surface area contributed by atoms with E-state index in [0.717, 1.165) is 29.0 Å². The van der Waals surface area contributed by atoms with Crippen molar-refractivity contribution < 1.29 is 19.1 Å². The first-order valence-electron chi connectivity index (χ1n) is 11.3. The number of aromatic nitrogens is 2. The maximum atomic E-state index is 12.9. The second-order valence-electron chi connectivity index (χ2n) is 8.40. The molecule has 1 fully saturated rings. The van der Waals surface area contributed by atoms with Gasteiger partial charge in [0.15, 0.2) is 0 Å². The molecule has 8 heteroatoms. The number of fused-ring (bicyclic) bond motifs is 1. The summed E-state index contributed by atoms with van der Waals surface area (Å²) in [5, 5.41) is 4.68. The highest BCUT2D eigenvalue weighted by Crippen LogP contribution is 2.24. The van der Waals surface area contributed by atoms with Gasteiger partial charge in [-0.15, -0.1) is 0 Å². The number of rotatable bonds is 7. The van der Waals surface area contributed by atoms with Crippen LogP contribution in [0.1, 0.15) is 35.4 Å². The molecule has 2 aliphatic heterocycles. The van der Waals surface area contributed by atoms with Crippen LogP contribution in [0.3, 0.4) is 0 Å². The molecule has 1 aromatic heterocycles. The van der Waals surface area contributed by atoms with E-state index < -0.39 is 0 Å². The number of amides is 2. The largest absolute Gasteiger partial charge is 0.497 e. The standard InChI is InChI=1S/C24H32N4O4/c1-26-22-11-12-28(24(30)9-5-18-3-6-19(31-2)7-4-18)17-20(22)21(25-26)8-10-23(29)27-13-15-32-16-14-27/h3-4,6-7H,5,8-17H2,1-2H3. The van der Waals surface area contributed by atoms with Crippen LogP contribution in [0.25, 0.3) is 0 Å². The van der Waals surface area contributed by atoms with Gasteiger partial charge < -0.3 is 19.3 Å². The summed E-state index contributed by atoms with van der Waals surface area (Å²) < 4.78 is 12.4. The second-order valence-corrected chi connectivity index (χ2v) is 8.40. The van der Waals surface area contributed by atoms with Gasteiger partial charge in [0.05, 0.1) is 26.0 Å². The van der Waals surface area contributed by atoms with Crippen LogP contribution in [-0.2, 0) is 47.2 Å². The summed E-state index contributed by atoms with van der Waals surface area (Å²) in [7, 11) is 3.60. The number of benzene rings is 1. The van der Waals surface area contributed by atoms with E-state index in [9.17, 15) is 9.59 Å². The number of carbonyl (C=O) groups excluding carboxylic acids is 2. The van der Waals surface area contributed by atoms with Crippen molar-refractivity contribution >= 4 is 11.8 Å². The molecule has 1 aromatic carbocycles. The van der Waals surface area contributed by atoms with E-state index >= 15 is 0 Å². The lowest BCUT2D eigenvalue weighted by Gasteiger charge is -2.28. The van der Waals surface area contributed by atoms with Crippen LogP contribution in [0.15, 0.2) is 24.3 Å². The van der Waals surface area contributed by atoms with Gasteiger partial charge in [-0.05, 0) is 24.1 Å². The Morgan fingerprint density at radius 3 is 2.41 bits per heavy atom. The number of nitrogens with zero attached hydrogens (tertiary/aromatic N) is 4. The van der Waals surface area contributed by atoms with Crippen LogP contribution >= 0.6 is 0 Å². The quantitative estimate of drug-likeness (QED) is 0.656. The molecule has 0 saturated carbocycles. The van der Waals surface area contributed by atoms with Gasteiger partial charge in [0.2, 0.25) is 11.8 Å². The molecule has 1 saturated heterocycles. The zero-order chi connectivity index (χ0) is 22.5. The maximum Gasteiger partial charge on any atom is 0.223 e. The molecular weight excluding hydrogens is 408 g/mol. The average Bonchev–Trinajstić information content (AvgIpc) is 3.16. The third-order valence-electron chi connectivity index (χ3n) is 6.40. The number of aryl methyl sites for hydroxylation is 3. The molecule has 8 nitrogen and oxygen atoms in total. The van der Waals surface area contributed by atoms with Crippen molar-refractivity contribution in [2.45, 2.75) is 38.6 Å². The van der Waals surface area contributed by atoms with Gasteiger partial charge in [0, 0.05) is 70.2 Å². The Hall–Kier alpha value is -2.87. The Balaban J connectivity index is 1.34. The van der Waals surface area contributed by atoms with E-state index in [1.165, 1.54) is 5.69 Å². The molecule has 2 aromatic rings. The molecule has 0 aliphatic carbocycles. The van der Waals surface area contributed by atoms with E-state index in [1.807, 2.05) is 45.8 Å². The van der Waals surface area contributed by atoms with Gasteiger partial charge in [-0.3, -0.25) is 14.3 Å². The fraction of sp³-hybridized carbons (Fsp3) is 0.542. The number of morpholine rings is 1. The normalized spacial score (nSPS) is 16.1. The molecular formula is C24H32N4O4. The highest BCUT2D eigenvalue weighted by Gasteiger charge is 2.27. The minimum absolute atomic E-state index is 0.149. The molecule has 0 radical (unpaired) electrons. The van der Waals surface area contributed by atoms with E-state index in [2.05, 4.69) is 5.10 Å². The molecule has 2 amide bonds. The number of methoxy groups -OCH3 is 1. The van der Waals surface area contributed by atoms with Crippen LogP contribution in [0.5, 0.6) is 5.75 Å². The molecule has 0 unspecified atom stereocenters. The van der Waals surface area contributed by atoms with E-state index in [0.29, 0.717) is 65.1 Å². The van der Waals surface area contributed by atoms with Crippen LogP contribution < -0.4 is 4.74 Å². The number of hydrogen-bond donors (Lipinski definition) is 0. The van der Waals surface area contributed by atoms with Gasteiger partial charge in [-0.1, -0.05) is 12.1 Å². The molecule has 0 N–H and O–H groups in total. The highest BCUT2D eigenvalue weighted by atomic mass is 16.5. The third kappa shape index (κ3) is 5.12. The Kier molecular flexibility index (Phi) is 7.09. The van der Waals surface area contributed by atoms with Crippen LogP contribution in [0.4, 0.5) is 0 Å². The smallest absolute Gasteiger partial charge is 0.223 e. The number of hydrogen-bond acceptors (Lipinski definition) is 5. The number of ether oxygens (including phenoxy) is 2. The number of carbonyl (C=O) groups is 2. The Morgan fingerprint density at radius 1 is 1.00 bits per heavy atom. The molecule has 0 spiro atoms. The molecule has 0 bridgehead atoms. The van der Waals surface area contributed by atoms with E-state index in [-0.39, 0.29) is 11.8 Å². The minimum Gasteiger partial charge on any atom is -0.497 e. The minimum atomic E-state index is 0.149. The van der Waals surface area contributed by atoms with Gasteiger partial charge in [-0.2, -0.15) is 5.10 Å². The van der Waals surface area contributed by atoms with Crippen molar-refractivity contribution in [2.24, 2.45) is 7.05 Å². The third-order valence-corrected chi connectivity index (χ3v) is 6.40. The van der Waals surface area contributed by atoms with E-state index in [1.54, 1.807) is 7.11 Å². The summed E-state index contributed by atoms with van der Waals surface area (Å²) in [4.78, 5) is 29.2. The first kappa shape index (κ1) is 22.3. The van der Waals surface area contributed by atoms with Crippen molar-refractivity contribution in [2.75, 3.05) is 40.0 Å². The summed E-state index contributed by atoms with van der Waals surface area (Å²) in [5.74, 6) is 1.13. The highest BCUT2D eigenvalue weighted by molar-refractivity contribution is 5.77. The Labute approximate surface area is 189 Å². The van der Waals surface area contributed by atoms with Crippen molar-refractivity contribution in [1.29, 1.82) is 0 Å². The average molecular weight is 441 g/mol. The molecule has 4 rings (SSSR count). The summed E-state index contributed by atoms with van der Waals surface area (Å²) >= 11 is 0. The molecule has 32 heavy (non-hydrogen) atoms. The lowest BCUT2D eigenvalue weighted by atomic mass is 10.0. The van der Waals surface area contributed by atoms with Gasteiger partial charge in [0.1, 0.15) is 5.75 Å². The van der Waals surface area contributed by atoms with Crippen molar-refractivity contribution in [3.8, 4) is 5.75 Å². The van der Waals surface area contributed by atoms with Crippen LogP contribution in [-0.4, -0.2) is 71.4 Å².